The molecule has 2 aromatic carbocycles. The van der Waals surface area contributed by atoms with Crippen molar-refractivity contribution in [2.24, 2.45) is 0 Å². The van der Waals surface area contributed by atoms with E-state index in [0.717, 1.165) is 0 Å². The second-order valence-electron chi connectivity index (χ2n) is 2.89. The van der Waals surface area contributed by atoms with E-state index in [1.165, 1.54) is 39.7 Å². The first-order chi connectivity index (χ1) is 5.92. The van der Waals surface area contributed by atoms with Gasteiger partial charge in [-0.2, -0.15) is 0 Å². The molecule has 0 aliphatic heterocycles. The van der Waals surface area contributed by atoms with Crippen molar-refractivity contribution >= 4 is 23.2 Å². The standard InChI is InChI=1S/C11H9.ClH.Zn/c1-9-5-4-7-10-6-2-3-8-11(9)10;;/h2-8H,1H2;1H;. The molecule has 0 saturated carbocycles. The third-order valence-electron chi connectivity index (χ3n) is 2.15. The molecule has 0 saturated heterocycles. The Kier molecular flexibility index (Phi) is 3.90. The van der Waals surface area contributed by atoms with Gasteiger partial charge in [-0.15, -0.1) is 12.4 Å². The second kappa shape index (κ2) is 4.74. The summed E-state index contributed by atoms with van der Waals surface area (Å²) >= 11 is 1.34. The van der Waals surface area contributed by atoms with E-state index < -0.39 is 0 Å². The zero-order valence-electron chi connectivity index (χ0n) is 7.36. The molecule has 0 aromatic heterocycles. The van der Waals surface area contributed by atoms with E-state index in [9.17, 15) is 0 Å². The van der Waals surface area contributed by atoms with Crippen LogP contribution in [0.1, 0.15) is 5.56 Å². The Morgan fingerprint density at radius 3 is 2.38 bits per heavy atom. The molecule has 0 atom stereocenters. The molecular weight excluding hydrogens is 233 g/mol. The van der Waals surface area contributed by atoms with Crippen molar-refractivity contribution in [3.05, 3.63) is 48.0 Å². The van der Waals surface area contributed by atoms with Crippen molar-refractivity contribution in [1.29, 1.82) is 0 Å². The monoisotopic (exact) mass is 241 g/mol. The fourth-order valence-corrected chi connectivity index (χ4v) is 2.43. The Morgan fingerprint density at radius 1 is 0.923 bits per heavy atom. The maximum atomic E-state index is 2.23. The van der Waals surface area contributed by atoms with Crippen LogP contribution in [-0.4, -0.2) is 0 Å². The molecule has 0 amide bonds. The first-order valence-corrected chi connectivity index (χ1v) is 6.27. The van der Waals surface area contributed by atoms with Gasteiger partial charge in [-0.3, -0.25) is 0 Å². The van der Waals surface area contributed by atoms with Crippen molar-refractivity contribution in [3.63, 3.8) is 0 Å². The van der Waals surface area contributed by atoms with Crippen LogP contribution in [0.5, 0.6) is 0 Å². The molecule has 0 fully saturated rings. The van der Waals surface area contributed by atoms with Gasteiger partial charge in [0.05, 0.1) is 0 Å². The van der Waals surface area contributed by atoms with Gasteiger partial charge in [0, 0.05) is 0 Å². The predicted octanol–water partition coefficient (Wildman–Crippen LogP) is 3.31. The van der Waals surface area contributed by atoms with Gasteiger partial charge >= 0.3 is 82.1 Å². The molecule has 0 spiro atoms. The van der Waals surface area contributed by atoms with Gasteiger partial charge in [0.25, 0.3) is 0 Å². The van der Waals surface area contributed by atoms with E-state index in [1.807, 2.05) is 0 Å². The number of halogens is 1. The van der Waals surface area contributed by atoms with Crippen LogP contribution in [0.3, 0.4) is 0 Å². The molecule has 0 nitrogen and oxygen atoms in total. The van der Waals surface area contributed by atoms with Crippen molar-refractivity contribution < 1.29 is 18.3 Å². The predicted molar refractivity (Wildman–Crippen MR) is 54.9 cm³/mol. The van der Waals surface area contributed by atoms with E-state index in [1.54, 1.807) is 0 Å². The molecule has 0 unspecified atom stereocenters. The summed E-state index contributed by atoms with van der Waals surface area (Å²) in [6, 6.07) is 15.1. The average molecular weight is 243 g/mol. The topological polar surface area (TPSA) is 0 Å². The molecule has 0 aliphatic carbocycles. The molecular formula is C11H10ClZn. The molecule has 0 aliphatic rings. The van der Waals surface area contributed by atoms with Crippen LogP contribution < -0.4 is 0 Å². The third kappa shape index (κ3) is 2.10. The fourth-order valence-electron chi connectivity index (χ4n) is 1.51. The molecule has 0 N–H and O–H groups in total. The zero-order chi connectivity index (χ0) is 8.39. The Bertz CT molecular complexity index is 393. The Morgan fingerprint density at radius 2 is 1.62 bits per heavy atom. The molecule has 13 heavy (non-hydrogen) atoms. The Labute approximate surface area is 94.4 Å². The fraction of sp³-hybridized carbons (Fsp3) is 0.0909. The van der Waals surface area contributed by atoms with Gasteiger partial charge in [-0.05, 0) is 0 Å². The minimum atomic E-state index is 0. The molecule has 63 valence electrons. The summed E-state index contributed by atoms with van der Waals surface area (Å²) in [6.07, 6.45) is 0. The van der Waals surface area contributed by atoms with Gasteiger partial charge in [-0.25, -0.2) is 0 Å². The average Bonchev–Trinajstić information content (AvgIpc) is 2.17. The van der Waals surface area contributed by atoms with Crippen LogP contribution in [0.2, 0.25) is 0 Å². The van der Waals surface area contributed by atoms with Crippen LogP contribution in [0, 0.1) is 0 Å². The summed E-state index contributed by atoms with van der Waals surface area (Å²) in [6.45, 7) is 0. The number of hydrogen-bond donors (Lipinski definition) is 0. The molecule has 0 bridgehead atoms. The maximum absolute atomic E-state index is 2.23. The number of fused-ring (bicyclic) bond motifs is 1. The zero-order valence-corrected chi connectivity index (χ0v) is 11.1. The van der Waals surface area contributed by atoms with E-state index >= 15 is 0 Å². The minimum absolute atomic E-state index is 0. The van der Waals surface area contributed by atoms with Crippen molar-refractivity contribution in [2.45, 2.75) is 5.02 Å². The van der Waals surface area contributed by atoms with Gasteiger partial charge < -0.3 is 0 Å². The third-order valence-corrected chi connectivity index (χ3v) is 3.28. The Hall–Kier alpha value is -0.387. The SMILES string of the molecule is Cl.[Zn][CH2]c1cccc2ccccc12. The molecule has 0 radical (unpaired) electrons. The quantitative estimate of drug-likeness (QED) is 0.674. The van der Waals surface area contributed by atoms with E-state index in [2.05, 4.69) is 42.5 Å². The van der Waals surface area contributed by atoms with Crippen molar-refractivity contribution in [1.82, 2.24) is 0 Å². The van der Waals surface area contributed by atoms with Crippen LogP contribution in [0.25, 0.3) is 10.8 Å². The summed E-state index contributed by atoms with van der Waals surface area (Å²) in [7, 11) is 0. The van der Waals surface area contributed by atoms with Crippen LogP contribution in [0.15, 0.2) is 42.5 Å². The summed E-state index contributed by atoms with van der Waals surface area (Å²) in [5.41, 5.74) is 1.49. The summed E-state index contributed by atoms with van der Waals surface area (Å²) in [4.78, 5) is 0. The van der Waals surface area contributed by atoms with Gasteiger partial charge in [0.2, 0.25) is 0 Å². The van der Waals surface area contributed by atoms with Gasteiger partial charge in [0.1, 0.15) is 0 Å². The molecule has 0 heterocycles. The number of benzene rings is 2. The number of hydrogen-bond acceptors (Lipinski definition) is 0. The van der Waals surface area contributed by atoms with Gasteiger partial charge in [0.15, 0.2) is 0 Å². The number of rotatable bonds is 1. The first-order valence-electron chi connectivity index (χ1n) is 4.17. The molecule has 2 aromatic rings. The van der Waals surface area contributed by atoms with Gasteiger partial charge in [-0.1, -0.05) is 0 Å². The Balaban J connectivity index is 0.000000845. The van der Waals surface area contributed by atoms with Crippen LogP contribution in [-0.2, 0) is 23.3 Å². The first kappa shape index (κ1) is 10.7. The van der Waals surface area contributed by atoms with E-state index in [4.69, 9.17) is 0 Å². The van der Waals surface area contributed by atoms with E-state index in [-0.39, 0.29) is 12.4 Å². The summed E-state index contributed by atoms with van der Waals surface area (Å²) in [5, 5.41) is 4.02. The van der Waals surface area contributed by atoms with Crippen molar-refractivity contribution in [2.75, 3.05) is 0 Å². The summed E-state index contributed by atoms with van der Waals surface area (Å²) < 4.78 is 0. The molecule has 2 rings (SSSR count). The van der Waals surface area contributed by atoms with Crippen LogP contribution in [0.4, 0.5) is 0 Å². The molecule has 2 heteroatoms. The van der Waals surface area contributed by atoms with Crippen LogP contribution >= 0.6 is 12.4 Å². The second-order valence-corrected chi connectivity index (χ2v) is 3.94. The van der Waals surface area contributed by atoms with E-state index in [0.29, 0.717) is 0 Å². The van der Waals surface area contributed by atoms with Crippen molar-refractivity contribution in [3.8, 4) is 0 Å². The normalized spacial score (nSPS) is 9.69. The summed E-state index contributed by atoms with van der Waals surface area (Å²) in [5.74, 6) is 0.